The molecule has 0 aliphatic rings. The van der Waals surface area contributed by atoms with Gasteiger partial charge >= 0.3 is 0 Å². The van der Waals surface area contributed by atoms with Crippen molar-refractivity contribution >= 4 is 29.1 Å². The lowest BCUT2D eigenvalue weighted by Gasteiger charge is -2.12. The van der Waals surface area contributed by atoms with E-state index in [-0.39, 0.29) is 0 Å². The molecule has 0 atom stereocenters. The lowest BCUT2D eigenvalue weighted by atomic mass is 9.98. The van der Waals surface area contributed by atoms with Crippen molar-refractivity contribution in [1.82, 2.24) is 15.0 Å². The van der Waals surface area contributed by atoms with Crippen molar-refractivity contribution in [3.8, 4) is 11.1 Å². The van der Waals surface area contributed by atoms with Crippen LogP contribution in [0.3, 0.4) is 0 Å². The first kappa shape index (κ1) is 14.9. The molecule has 0 radical (unpaired) electrons. The van der Waals surface area contributed by atoms with Crippen LogP contribution in [0.1, 0.15) is 11.3 Å². The third-order valence-corrected chi connectivity index (χ3v) is 3.74. The highest BCUT2D eigenvalue weighted by molar-refractivity contribution is 5.85. The van der Waals surface area contributed by atoms with E-state index in [1.165, 1.54) is 0 Å². The Balaban J connectivity index is 2.18. The van der Waals surface area contributed by atoms with Gasteiger partial charge in [-0.2, -0.15) is 4.98 Å². The fourth-order valence-electron chi connectivity index (χ4n) is 2.52. The normalized spacial score (nSPS) is 10.6. The molecule has 3 rings (SSSR count). The van der Waals surface area contributed by atoms with Crippen LogP contribution in [0.25, 0.3) is 22.2 Å². The number of fused-ring (bicyclic) bond motifs is 1. The molecule has 2 heterocycles. The zero-order valence-corrected chi connectivity index (χ0v) is 13.2. The van der Waals surface area contributed by atoms with Gasteiger partial charge in [0, 0.05) is 35.6 Å². The number of amides is 1. The zero-order chi connectivity index (χ0) is 16.4. The summed E-state index contributed by atoms with van der Waals surface area (Å²) in [4.78, 5) is 23.9. The van der Waals surface area contributed by atoms with Gasteiger partial charge < -0.3 is 10.6 Å². The van der Waals surface area contributed by atoms with E-state index < -0.39 is 0 Å². The van der Waals surface area contributed by atoms with Crippen molar-refractivity contribution in [1.29, 1.82) is 0 Å². The number of carbonyl (C=O) groups is 1. The van der Waals surface area contributed by atoms with E-state index in [0.29, 0.717) is 18.0 Å². The number of aromatic nitrogens is 3. The van der Waals surface area contributed by atoms with E-state index in [0.717, 1.165) is 33.5 Å². The number of nitrogens with one attached hydrogen (secondary N) is 2. The Hall–Kier alpha value is -3.02. The molecule has 3 aromatic rings. The molecule has 6 nitrogen and oxygen atoms in total. The molecule has 6 heteroatoms. The van der Waals surface area contributed by atoms with Crippen molar-refractivity contribution < 1.29 is 4.79 Å². The van der Waals surface area contributed by atoms with Gasteiger partial charge in [-0.3, -0.25) is 4.79 Å². The number of rotatable bonds is 4. The first-order valence-corrected chi connectivity index (χ1v) is 7.25. The second-order valence-corrected chi connectivity index (χ2v) is 5.27. The van der Waals surface area contributed by atoms with Crippen molar-refractivity contribution in [2.24, 2.45) is 0 Å². The Morgan fingerprint density at radius 3 is 2.65 bits per heavy atom. The number of nitrogens with zero attached hydrogens (tertiary/aromatic N) is 3. The summed E-state index contributed by atoms with van der Waals surface area (Å²) in [7, 11) is 1.78. The van der Waals surface area contributed by atoms with Crippen molar-refractivity contribution in [3.05, 3.63) is 41.7 Å². The van der Waals surface area contributed by atoms with Crippen LogP contribution in [-0.2, 0) is 4.79 Å². The Labute approximate surface area is 134 Å². The first-order valence-electron chi connectivity index (χ1n) is 7.25. The maximum Gasteiger partial charge on any atom is 0.224 e. The number of hydrogen-bond acceptors (Lipinski definition) is 5. The second-order valence-electron chi connectivity index (χ2n) is 5.27. The molecule has 0 aliphatic carbocycles. The van der Waals surface area contributed by atoms with Gasteiger partial charge in [0.2, 0.25) is 12.4 Å². The fraction of sp³-hybridized carbons (Fsp3) is 0.176. The summed E-state index contributed by atoms with van der Waals surface area (Å²) in [5, 5.41) is 6.47. The minimum absolute atomic E-state index is 0.547. The predicted molar refractivity (Wildman–Crippen MR) is 91.5 cm³/mol. The largest absolute Gasteiger partial charge is 0.357 e. The third-order valence-electron chi connectivity index (χ3n) is 3.74. The van der Waals surface area contributed by atoms with Crippen LogP contribution in [0, 0.1) is 13.8 Å². The molecule has 2 aromatic heterocycles. The zero-order valence-electron chi connectivity index (χ0n) is 13.2. The Bertz CT molecular complexity index is 892. The molecular formula is C17H17N5O. The van der Waals surface area contributed by atoms with E-state index >= 15 is 0 Å². The highest BCUT2D eigenvalue weighted by Gasteiger charge is 2.10. The summed E-state index contributed by atoms with van der Waals surface area (Å²) in [5.74, 6) is 0.547. The fourth-order valence-corrected chi connectivity index (χ4v) is 2.52. The van der Waals surface area contributed by atoms with Gasteiger partial charge in [-0.25, -0.2) is 9.97 Å². The van der Waals surface area contributed by atoms with Crippen LogP contribution >= 0.6 is 0 Å². The lowest BCUT2D eigenvalue weighted by molar-refractivity contribution is -0.105. The second kappa shape index (κ2) is 6.00. The van der Waals surface area contributed by atoms with Gasteiger partial charge in [0.05, 0.1) is 0 Å². The summed E-state index contributed by atoms with van der Waals surface area (Å²) < 4.78 is 0. The Morgan fingerprint density at radius 1 is 1.09 bits per heavy atom. The maximum atomic E-state index is 10.7. The molecule has 116 valence electrons. The number of carbonyl (C=O) groups excluding carboxylic acids is 1. The number of pyridine rings is 1. The SMILES string of the molecule is CNc1ncc2cc(-c3cc(NC=O)ccc3C)c(C)nc2n1. The van der Waals surface area contributed by atoms with Crippen LogP contribution in [-0.4, -0.2) is 28.4 Å². The van der Waals surface area contributed by atoms with Crippen LogP contribution in [0.4, 0.5) is 11.6 Å². The molecule has 0 saturated heterocycles. The summed E-state index contributed by atoms with van der Waals surface area (Å²) in [5.41, 5.74) is 5.43. The van der Waals surface area contributed by atoms with E-state index in [9.17, 15) is 4.79 Å². The molecule has 0 bridgehead atoms. The molecule has 1 amide bonds. The monoisotopic (exact) mass is 307 g/mol. The molecule has 2 N–H and O–H groups in total. The average molecular weight is 307 g/mol. The van der Waals surface area contributed by atoms with Crippen molar-refractivity contribution in [2.45, 2.75) is 13.8 Å². The van der Waals surface area contributed by atoms with Gasteiger partial charge in [0.25, 0.3) is 0 Å². The smallest absolute Gasteiger partial charge is 0.224 e. The highest BCUT2D eigenvalue weighted by atomic mass is 16.1. The molecule has 1 aromatic carbocycles. The summed E-state index contributed by atoms with van der Waals surface area (Å²) in [6, 6.07) is 7.83. The van der Waals surface area contributed by atoms with E-state index in [1.807, 2.05) is 38.1 Å². The Morgan fingerprint density at radius 2 is 1.91 bits per heavy atom. The van der Waals surface area contributed by atoms with Gasteiger partial charge in [-0.15, -0.1) is 0 Å². The molecular weight excluding hydrogens is 290 g/mol. The molecule has 0 aliphatic heterocycles. The maximum absolute atomic E-state index is 10.7. The third kappa shape index (κ3) is 2.83. The standard InChI is InChI=1S/C17H17N5O/c1-10-4-5-13(20-9-23)7-14(10)15-6-12-8-19-17(18-3)22-16(12)21-11(15)2/h4-9H,1-3H3,(H,20,23)(H,18,19,21,22). The molecule has 0 fully saturated rings. The lowest BCUT2D eigenvalue weighted by Crippen LogP contribution is -2.00. The average Bonchev–Trinajstić information content (AvgIpc) is 2.56. The van der Waals surface area contributed by atoms with Crippen LogP contribution in [0.2, 0.25) is 0 Å². The summed E-state index contributed by atoms with van der Waals surface area (Å²) >= 11 is 0. The summed E-state index contributed by atoms with van der Waals surface area (Å²) in [6.45, 7) is 3.99. The van der Waals surface area contributed by atoms with E-state index in [2.05, 4.69) is 25.6 Å². The predicted octanol–water partition coefficient (Wildman–Crippen LogP) is 2.92. The number of hydrogen-bond donors (Lipinski definition) is 2. The van der Waals surface area contributed by atoms with Crippen LogP contribution in [0.15, 0.2) is 30.5 Å². The highest BCUT2D eigenvalue weighted by Crippen LogP contribution is 2.30. The van der Waals surface area contributed by atoms with Gasteiger partial charge in [0.15, 0.2) is 5.65 Å². The number of anilines is 2. The van der Waals surface area contributed by atoms with Gasteiger partial charge in [0.1, 0.15) is 0 Å². The van der Waals surface area contributed by atoms with Crippen molar-refractivity contribution in [2.75, 3.05) is 17.7 Å². The first-order chi connectivity index (χ1) is 11.1. The quantitative estimate of drug-likeness (QED) is 0.724. The minimum atomic E-state index is 0.547. The van der Waals surface area contributed by atoms with Gasteiger partial charge in [-0.05, 0) is 43.2 Å². The Kier molecular flexibility index (Phi) is 3.89. The van der Waals surface area contributed by atoms with Crippen LogP contribution < -0.4 is 10.6 Å². The number of aryl methyl sites for hydroxylation is 2. The van der Waals surface area contributed by atoms with Crippen LogP contribution in [0.5, 0.6) is 0 Å². The van der Waals surface area contributed by atoms with Gasteiger partial charge in [-0.1, -0.05) is 6.07 Å². The van der Waals surface area contributed by atoms with E-state index in [4.69, 9.17) is 0 Å². The van der Waals surface area contributed by atoms with E-state index in [1.54, 1.807) is 13.2 Å². The minimum Gasteiger partial charge on any atom is -0.357 e. The van der Waals surface area contributed by atoms with Crippen molar-refractivity contribution in [3.63, 3.8) is 0 Å². The molecule has 0 unspecified atom stereocenters. The summed E-state index contributed by atoms with van der Waals surface area (Å²) in [6.07, 6.45) is 2.43. The number of benzene rings is 1. The molecule has 23 heavy (non-hydrogen) atoms. The molecule has 0 saturated carbocycles. The topological polar surface area (TPSA) is 79.8 Å². The molecule has 0 spiro atoms.